The summed E-state index contributed by atoms with van der Waals surface area (Å²) in [5, 5.41) is 20.3. The number of anilines is 1. The lowest BCUT2D eigenvalue weighted by Gasteiger charge is -2.04. The molecule has 0 atom stereocenters. The average molecular weight is 183 g/mol. The summed E-state index contributed by atoms with van der Waals surface area (Å²) >= 11 is 0. The number of ether oxygens (including phenoxy) is 1. The highest BCUT2D eigenvalue weighted by atomic mass is 16.5. The van der Waals surface area contributed by atoms with Crippen LogP contribution in [0.3, 0.4) is 0 Å². The molecule has 5 heteroatoms. The lowest BCUT2D eigenvalue weighted by Crippen LogP contribution is -2.10. The van der Waals surface area contributed by atoms with Crippen molar-refractivity contribution in [3.8, 4) is 11.5 Å². The Morgan fingerprint density at radius 3 is 2.62 bits per heavy atom. The fourth-order valence-corrected chi connectivity index (χ4v) is 0.770. The Hall–Kier alpha value is -1.91. The van der Waals surface area contributed by atoms with E-state index in [4.69, 9.17) is 10.2 Å². The summed E-state index contributed by atoms with van der Waals surface area (Å²) in [5.74, 6) is -0.538. The van der Waals surface area contributed by atoms with Gasteiger partial charge in [-0.15, -0.1) is 0 Å². The number of rotatable bonds is 1. The van der Waals surface area contributed by atoms with Gasteiger partial charge >= 0.3 is 6.09 Å². The third-order valence-electron chi connectivity index (χ3n) is 1.41. The van der Waals surface area contributed by atoms with E-state index in [1.165, 1.54) is 25.3 Å². The molecule has 0 aromatic heterocycles. The molecule has 70 valence electrons. The molecule has 0 fully saturated rings. The second-order valence-corrected chi connectivity index (χ2v) is 2.32. The van der Waals surface area contributed by atoms with E-state index in [1.807, 2.05) is 0 Å². The minimum atomic E-state index is -0.634. The number of carbonyl (C=O) groups is 1. The molecule has 0 aliphatic carbocycles. The maximum Gasteiger partial charge on any atom is 0.411 e. The largest absolute Gasteiger partial charge is 0.504 e. The molecule has 0 aliphatic heterocycles. The van der Waals surface area contributed by atoms with Gasteiger partial charge in [-0.05, 0) is 12.1 Å². The molecule has 5 nitrogen and oxygen atoms in total. The number of aromatic hydroxyl groups is 2. The molecule has 0 spiro atoms. The number of methoxy groups -OCH3 is 1. The summed E-state index contributed by atoms with van der Waals surface area (Å²) in [5.41, 5.74) is 0.349. The van der Waals surface area contributed by atoms with E-state index in [0.717, 1.165) is 0 Å². The summed E-state index contributed by atoms with van der Waals surface area (Å²) in [6.07, 6.45) is -0.634. The highest BCUT2D eigenvalue weighted by Gasteiger charge is 2.03. The van der Waals surface area contributed by atoms with Crippen LogP contribution in [0.1, 0.15) is 0 Å². The standard InChI is InChI=1S/C8H9NO4/c1-13-8(12)9-5-2-3-6(10)7(11)4-5/h2-4,10-11H,1H3,(H,9,12). The second-order valence-electron chi connectivity index (χ2n) is 2.32. The molecular weight excluding hydrogens is 174 g/mol. The van der Waals surface area contributed by atoms with Crippen LogP contribution in [0.25, 0.3) is 0 Å². The van der Waals surface area contributed by atoms with Gasteiger partial charge in [0, 0.05) is 11.8 Å². The van der Waals surface area contributed by atoms with Gasteiger partial charge in [0.05, 0.1) is 7.11 Å². The van der Waals surface area contributed by atoms with Crippen molar-refractivity contribution in [2.75, 3.05) is 12.4 Å². The normalized spacial score (nSPS) is 9.31. The van der Waals surface area contributed by atoms with E-state index in [-0.39, 0.29) is 11.5 Å². The van der Waals surface area contributed by atoms with Crippen molar-refractivity contribution in [3.05, 3.63) is 18.2 Å². The van der Waals surface area contributed by atoms with E-state index in [1.54, 1.807) is 0 Å². The number of phenols is 2. The molecule has 0 saturated carbocycles. The molecule has 0 heterocycles. The molecule has 0 saturated heterocycles. The minimum Gasteiger partial charge on any atom is -0.504 e. The summed E-state index contributed by atoms with van der Waals surface area (Å²) in [6.45, 7) is 0. The number of nitrogens with one attached hydrogen (secondary N) is 1. The summed E-state index contributed by atoms with van der Waals surface area (Å²) in [4.78, 5) is 10.7. The van der Waals surface area contributed by atoms with Crippen molar-refractivity contribution in [2.45, 2.75) is 0 Å². The monoisotopic (exact) mass is 183 g/mol. The molecule has 0 radical (unpaired) electrons. The van der Waals surface area contributed by atoms with Crippen LogP contribution in [0.5, 0.6) is 11.5 Å². The number of carbonyl (C=O) groups excluding carboxylic acids is 1. The Morgan fingerprint density at radius 2 is 2.08 bits per heavy atom. The smallest absolute Gasteiger partial charge is 0.411 e. The molecule has 1 aromatic rings. The Bertz CT molecular complexity index is 324. The highest BCUT2D eigenvalue weighted by molar-refractivity contribution is 5.84. The Morgan fingerprint density at radius 1 is 1.38 bits per heavy atom. The van der Waals surface area contributed by atoms with Crippen LogP contribution in [0, 0.1) is 0 Å². The van der Waals surface area contributed by atoms with Gasteiger partial charge in [0.2, 0.25) is 0 Å². The van der Waals surface area contributed by atoms with Crippen molar-refractivity contribution in [2.24, 2.45) is 0 Å². The molecular formula is C8H9NO4. The third kappa shape index (κ3) is 2.26. The summed E-state index contributed by atoms with van der Waals surface area (Å²) in [7, 11) is 1.23. The zero-order chi connectivity index (χ0) is 9.84. The average Bonchev–Trinajstić information content (AvgIpc) is 2.11. The first-order valence-electron chi connectivity index (χ1n) is 3.50. The van der Waals surface area contributed by atoms with Crippen LogP contribution in [0.15, 0.2) is 18.2 Å². The zero-order valence-corrected chi connectivity index (χ0v) is 6.94. The predicted octanol–water partition coefficient (Wildman–Crippen LogP) is 1.28. The first kappa shape index (κ1) is 9.18. The van der Waals surface area contributed by atoms with Crippen LogP contribution >= 0.6 is 0 Å². The second kappa shape index (κ2) is 3.66. The first-order valence-corrected chi connectivity index (χ1v) is 3.50. The van der Waals surface area contributed by atoms with Crippen LogP contribution in [0.2, 0.25) is 0 Å². The van der Waals surface area contributed by atoms with Gasteiger partial charge < -0.3 is 14.9 Å². The zero-order valence-electron chi connectivity index (χ0n) is 6.94. The molecule has 0 unspecified atom stereocenters. The van der Waals surface area contributed by atoms with Gasteiger partial charge in [-0.3, -0.25) is 5.32 Å². The van der Waals surface area contributed by atoms with Gasteiger partial charge in [0.1, 0.15) is 0 Å². The summed E-state index contributed by atoms with van der Waals surface area (Å²) in [6, 6.07) is 3.92. The van der Waals surface area contributed by atoms with Gasteiger partial charge in [-0.2, -0.15) is 0 Å². The molecule has 1 aromatic carbocycles. The quantitative estimate of drug-likeness (QED) is 0.452. The predicted molar refractivity (Wildman–Crippen MR) is 45.8 cm³/mol. The Balaban J connectivity index is 2.79. The molecule has 3 N–H and O–H groups in total. The highest BCUT2D eigenvalue weighted by Crippen LogP contribution is 2.27. The molecule has 13 heavy (non-hydrogen) atoms. The van der Waals surface area contributed by atoms with E-state index in [9.17, 15) is 4.79 Å². The van der Waals surface area contributed by atoms with Crippen molar-refractivity contribution in [3.63, 3.8) is 0 Å². The number of hydrogen-bond acceptors (Lipinski definition) is 4. The molecule has 0 bridgehead atoms. The van der Waals surface area contributed by atoms with Gasteiger partial charge in [0.15, 0.2) is 11.5 Å². The molecule has 0 aliphatic rings. The van der Waals surface area contributed by atoms with Crippen molar-refractivity contribution < 1.29 is 19.7 Å². The van der Waals surface area contributed by atoms with Gasteiger partial charge in [0.25, 0.3) is 0 Å². The maximum absolute atomic E-state index is 10.7. The Kier molecular flexibility index (Phi) is 2.59. The van der Waals surface area contributed by atoms with Crippen LogP contribution in [-0.4, -0.2) is 23.4 Å². The number of amides is 1. The SMILES string of the molecule is COC(=O)Nc1ccc(O)c(O)c1. The molecule has 1 amide bonds. The molecule has 1 rings (SSSR count). The fraction of sp³-hybridized carbons (Fsp3) is 0.125. The fourth-order valence-electron chi connectivity index (χ4n) is 0.770. The van der Waals surface area contributed by atoms with Crippen molar-refractivity contribution in [1.82, 2.24) is 0 Å². The van der Waals surface area contributed by atoms with Crippen LogP contribution in [0.4, 0.5) is 10.5 Å². The Labute approximate surface area is 74.6 Å². The van der Waals surface area contributed by atoms with Crippen molar-refractivity contribution >= 4 is 11.8 Å². The van der Waals surface area contributed by atoms with Gasteiger partial charge in [-0.1, -0.05) is 0 Å². The van der Waals surface area contributed by atoms with Crippen molar-refractivity contribution in [1.29, 1.82) is 0 Å². The maximum atomic E-state index is 10.7. The minimum absolute atomic E-state index is 0.240. The summed E-state index contributed by atoms with van der Waals surface area (Å²) < 4.78 is 4.33. The van der Waals surface area contributed by atoms with E-state index in [2.05, 4.69) is 10.1 Å². The first-order chi connectivity index (χ1) is 6.13. The lowest BCUT2D eigenvalue weighted by molar-refractivity contribution is 0.187. The van der Waals surface area contributed by atoms with E-state index < -0.39 is 6.09 Å². The van der Waals surface area contributed by atoms with Crippen LogP contribution < -0.4 is 5.32 Å². The lowest BCUT2D eigenvalue weighted by atomic mass is 10.3. The van der Waals surface area contributed by atoms with Crippen LogP contribution in [-0.2, 0) is 4.74 Å². The van der Waals surface area contributed by atoms with E-state index in [0.29, 0.717) is 5.69 Å². The van der Waals surface area contributed by atoms with Gasteiger partial charge in [-0.25, -0.2) is 4.79 Å². The van der Waals surface area contributed by atoms with E-state index >= 15 is 0 Å². The number of hydrogen-bond donors (Lipinski definition) is 3. The number of phenolic OH excluding ortho intramolecular Hbond substituents is 2. The third-order valence-corrected chi connectivity index (χ3v) is 1.41. The number of benzene rings is 1. The topological polar surface area (TPSA) is 78.8 Å².